The zero-order chi connectivity index (χ0) is 21.1. The third kappa shape index (κ3) is 4.85. The van der Waals surface area contributed by atoms with Crippen molar-refractivity contribution in [2.45, 2.75) is 30.3 Å². The molecule has 30 heavy (non-hydrogen) atoms. The van der Waals surface area contributed by atoms with Crippen molar-refractivity contribution in [3.63, 3.8) is 0 Å². The van der Waals surface area contributed by atoms with Gasteiger partial charge in [-0.2, -0.15) is 0 Å². The molecule has 0 aliphatic carbocycles. The second-order valence-corrected chi connectivity index (χ2v) is 10.5. The molecule has 7 nitrogen and oxygen atoms in total. The smallest absolute Gasteiger partial charge is 0.225 e. The molecule has 4 rings (SSSR count). The van der Waals surface area contributed by atoms with Crippen molar-refractivity contribution in [3.8, 4) is 10.6 Å². The summed E-state index contributed by atoms with van der Waals surface area (Å²) in [5.41, 5.74) is 1.98. The van der Waals surface area contributed by atoms with Gasteiger partial charge in [-0.05, 0) is 38.1 Å². The predicted octanol–water partition coefficient (Wildman–Crippen LogP) is 3.10. The maximum Gasteiger partial charge on any atom is 0.225 e. The standard InChI is InChI=1S/C21H25N5O2S2/c1-25(18-8-12-26(13-9-18)21-22-10-3-11-23-21)14-17-15-29-20(24-17)16-4-6-19(7-5-16)30(2,27)28/h3-7,10-11,15,18H,8-9,12-14H2,1-2H3. The van der Waals surface area contributed by atoms with Gasteiger partial charge in [-0.25, -0.2) is 23.4 Å². The van der Waals surface area contributed by atoms with E-state index in [1.165, 1.54) is 6.26 Å². The number of nitrogens with zero attached hydrogens (tertiary/aromatic N) is 5. The van der Waals surface area contributed by atoms with Gasteiger partial charge in [-0.3, -0.25) is 4.90 Å². The van der Waals surface area contributed by atoms with Crippen LogP contribution in [0.1, 0.15) is 18.5 Å². The summed E-state index contributed by atoms with van der Waals surface area (Å²) in [5, 5.41) is 3.00. The molecule has 3 heterocycles. The fourth-order valence-electron chi connectivity index (χ4n) is 3.70. The molecule has 1 saturated heterocycles. The molecular formula is C21H25N5O2S2. The van der Waals surface area contributed by atoms with Crippen LogP contribution in [-0.2, 0) is 16.4 Å². The average molecular weight is 444 g/mol. The molecule has 1 aliphatic rings. The van der Waals surface area contributed by atoms with Gasteiger partial charge in [0.1, 0.15) is 5.01 Å². The van der Waals surface area contributed by atoms with Gasteiger partial charge in [0.25, 0.3) is 0 Å². The molecule has 0 unspecified atom stereocenters. The van der Waals surface area contributed by atoms with E-state index in [0.717, 1.165) is 54.7 Å². The zero-order valence-electron chi connectivity index (χ0n) is 17.1. The van der Waals surface area contributed by atoms with Gasteiger partial charge in [0, 0.05) is 55.3 Å². The van der Waals surface area contributed by atoms with E-state index in [2.05, 4.69) is 32.2 Å². The van der Waals surface area contributed by atoms with Crippen LogP contribution in [0.3, 0.4) is 0 Å². The summed E-state index contributed by atoms with van der Waals surface area (Å²) in [6.07, 6.45) is 6.93. The number of benzene rings is 1. The lowest BCUT2D eigenvalue weighted by molar-refractivity contribution is 0.198. The molecule has 0 bridgehead atoms. The summed E-state index contributed by atoms with van der Waals surface area (Å²) < 4.78 is 23.3. The highest BCUT2D eigenvalue weighted by molar-refractivity contribution is 7.90. The van der Waals surface area contributed by atoms with Crippen LogP contribution in [0.5, 0.6) is 0 Å². The summed E-state index contributed by atoms with van der Waals surface area (Å²) in [6.45, 7) is 2.70. The Morgan fingerprint density at radius 2 is 1.80 bits per heavy atom. The van der Waals surface area contributed by atoms with Crippen LogP contribution in [0, 0.1) is 0 Å². The van der Waals surface area contributed by atoms with E-state index in [0.29, 0.717) is 10.9 Å². The fourth-order valence-corrected chi connectivity index (χ4v) is 5.15. The van der Waals surface area contributed by atoms with Crippen LogP contribution in [0.4, 0.5) is 5.95 Å². The summed E-state index contributed by atoms with van der Waals surface area (Å²) in [7, 11) is -1.03. The topological polar surface area (TPSA) is 79.3 Å². The van der Waals surface area contributed by atoms with E-state index < -0.39 is 9.84 Å². The predicted molar refractivity (Wildman–Crippen MR) is 119 cm³/mol. The zero-order valence-corrected chi connectivity index (χ0v) is 18.7. The second kappa shape index (κ2) is 8.79. The number of piperidine rings is 1. The Morgan fingerprint density at radius 1 is 1.13 bits per heavy atom. The van der Waals surface area contributed by atoms with Gasteiger partial charge in [0.2, 0.25) is 5.95 Å². The average Bonchev–Trinajstić information content (AvgIpc) is 3.22. The van der Waals surface area contributed by atoms with Crippen LogP contribution < -0.4 is 4.90 Å². The van der Waals surface area contributed by atoms with Crippen molar-refractivity contribution >= 4 is 27.1 Å². The van der Waals surface area contributed by atoms with Crippen molar-refractivity contribution < 1.29 is 8.42 Å². The van der Waals surface area contributed by atoms with Gasteiger partial charge in [-0.1, -0.05) is 12.1 Å². The summed E-state index contributed by atoms with van der Waals surface area (Å²) in [6, 6.07) is 9.27. The normalized spacial score (nSPS) is 15.6. The maximum atomic E-state index is 11.6. The third-order valence-corrected chi connectivity index (χ3v) is 7.48. The highest BCUT2D eigenvalue weighted by atomic mass is 32.2. The van der Waals surface area contributed by atoms with Gasteiger partial charge in [0.05, 0.1) is 10.6 Å². The molecule has 2 aromatic heterocycles. The number of anilines is 1. The number of sulfone groups is 1. The molecule has 3 aromatic rings. The molecule has 0 atom stereocenters. The largest absolute Gasteiger partial charge is 0.341 e. The van der Waals surface area contributed by atoms with Crippen molar-refractivity contribution in [3.05, 3.63) is 53.8 Å². The Balaban J connectivity index is 1.35. The molecule has 158 valence electrons. The van der Waals surface area contributed by atoms with Crippen LogP contribution >= 0.6 is 11.3 Å². The molecular weight excluding hydrogens is 418 g/mol. The Kier molecular flexibility index (Phi) is 6.12. The van der Waals surface area contributed by atoms with Crippen LogP contribution in [0.2, 0.25) is 0 Å². The van der Waals surface area contributed by atoms with Gasteiger partial charge in [-0.15, -0.1) is 11.3 Å². The number of aromatic nitrogens is 3. The minimum atomic E-state index is -3.18. The highest BCUT2D eigenvalue weighted by Crippen LogP contribution is 2.26. The van der Waals surface area contributed by atoms with Crippen LogP contribution in [0.15, 0.2) is 53.0 Å². The molecule has 0 radical (unpaired) electrons. The number of hydrogen-bond donors (Lipinski definition) is 0. The van der Waals surface area contributed by atoms with Crippen LogP contribution in [0.25, 0.3) is 10.6 Å². The van der Waals surface area contributed by atoms with Gasteiger partial charge < -0.3 is 4.90 Å². The van der Waals surface area contributed by atoms with E-state index in [1.807, 2.05) is 18.2 Å². The fraction of sp³-hybridized carbons (Fsp3) is 0.381. The molecule has 0 amide bonds. The van der Waals surface area contributed by atoms with Crippen molar-refractivity contribution in [1.82, 2.24) is 19.9 Å². The SMILES string of the molecule is CN(Cc1csc(-c2ccc(S(C)(=O)=O)cc2)n1)C1CCN(c2ncccn2)CC1. The van der Waals surface area contributed by atoms with Crippen molar-refractivity contribution in [1.29, 1.82) is 0 Å². The highest BCUT2D eigenvalue weighted by Gasteiger charge is 2.24. The Hall–Kier alpha value is -2.36. The summed E-state index contributed by atoms with van der Waals surface area (Å²) in [4.78, 5) is 18.4. The van der Waals surface area contributed by atoms with E-state index >= 15 is 0 Å². The minimum absolute atomic E-state index is 0.329. The molecule has 1 aromatic carbocycles. The molecule has 1 fully saturated rings. The maximum absolute atomic E-state index is 11.6. The molecule has 0 saturated carbocycles. The molecule has 0 N–H and O–H groups in total. The lowest BCUT2D eigenvalue weighted by Gasteiger charge is -2.36. The van der Waals surface area contributed by atoms with Crippen molar-refractivity contribution in [2.24, 2.45) is 0 Å². The number of thiazole rings is 1. The second-order valence-electron chi connectivity index (χ2n) is 7.62. The lowest BCUT2D eigenvalue weighted by Crippen LogP contribution is -2.43. The van der Waals surface area contributed by atoms with Crippen LogP contribution in [-0.4, -0.2) is 60.7 Å². The Bertz CT molecular complexity index is 1080. The first-order valence-electron chi connectivity index (χ1n) is 9.87. The summed E-state index contributed by atoms with van der Waals surface area (Å²) >= 11 is 1.59. The number of hydrogen-bond acceptors (Lipinski definition) is 8. The molecule has 9 heteroatoms. The Labute approximate surface area is 181 Å². The number of rotatable bonds is 6. The monoisotopic (exact) mass is 443 g/mol. The third-order valence-electron chi connectivity index (χ3n) is 5.42. The minimum Gasteiger partial charge on any atom is -0.341 e. The Morgan fingerprint density at radius 3 is 2.43 bits per heavy atom. The molecule has 0 spiro atoms. The van der Waals surface area contributed by atoms with E-state index in [-0.39, 0.29) is 0 Å². The molecule has 1 aliphatic heterocycles. The van der Waals surface area contributed by atoms with Gasteiger partial charge in [0.15, 0.2) is 9.84 Å². The first-order valence-corrected chi connectivity index (χ1v) is 12.6. The van der Waals surface area contributed by atoms with Gasteiger partial charge >= 0.3 is 0 Å². The van der Waals surface area contributed by atoms with E-state index in [1.54, 1.807) is 35.9 Å². The lowest BCUT2D eigenvalue weighted by atomic mass is 10.0. The first kappa shape index (κ1) is 20.9. The summed E-state index contributed by atoms with van der Waals surface area (Å²) in [5.74, 6) is 0.810. The first-order chi connectivity index (χ1) is 14.4. The van der Waals surface area contributed by atoms with E-state index in [9.17, 15) is 8.42 Å². The quantitative estimate of drug-likeness (QED) is 0.579. The van der Waals surface area contributed by atoms with E-state index in [4.69, 9.17) is 4.98 Å². The van der Waals surface area contributed by atoms with Crippen molar-refractivity contribution in [2.75, 3.05) is 31.3 Å².